The first-order valence-electron chi connectivity index (χ1n) is 6.46. The topological polar surface area (TPSA) is 85.5 Å². The molecule has 0 aliphatic carbocycles. The fourth-order valence-electron chi connectivity index (χ4n) is 2.16. The number of aromatic nitrogens is 1. The van der Waals surface area contributed by atoms with Gasteiger partial charge < -0.3 is 10.5 Å². The van der Waals surface area contributed by atoms with Crippen LogP contribution in [0.1, 0.15) is 12.8 Å². The van der Waals surface area contributed by atoms with Gasteiger partial charge in [-0.3, -0.25) is 4.98 Å². The predicted molar refractivity (Wildman–Crippen MR) is 71.0 cm³/mol. The average Bonchev–Trinajstić information content (AvgIpc) is 2.45. The van der Waals surface area contributed by atoms with Crippen molar-refractivity contribution in [1.29, 1.82) is 0 Å². The van der Waals surface area contributed by atoms with Gasteiger partial charge in [-0.05, 0) is 18.9 Å². The van der Waals surface area contributed by atoms with Crippen molar-refractivity contribution in [3.63, 3.8) is 0 Å². The molecule has 112 valence electrons. The smallest absolute Gasteiger partial charge is 0.244 e. The Bertz CT molecular complexity index is 545. The Morgan fingerprint density at radius 1 is 1.40 bits per heavy atom. The van der Waals surface area contributed by atoms with Crippen molar-refractivity contribution in [2.75, 3.05) is 26.2 Å². The molecule has 0 unspecified atom stereocenters. The van der Waals surface area contributed by atoms with Crippen LogP contribution >= 0.6 is 0 Å². The molecular weight excluding hydrogens is 285 g/mol. The zero-order valence-corrected chi connectivity index (χ0v) is 11.9. The molecule has 1 aliphatic heterocycles. The Morgan fingerprint density at radius 2 is 2.10 bits per heavy atom. The second-order valence-electron chi connectivity index (χ2n) is 4.60. The maximum atomic E-state index is 13.1. The molecule has 8 heteroatoms. The molecule has 0 atom stereocenters. The number of sulfonamides is 1. The van der Waals surface area contributed by atoms with Crippen LogP contribution in [-0.2, 0) is 14.8 Å². The SMILES string of the molecule is NCCOC1CCN(S(=O)(=O)c2cncc(F)c2)CC1. The normalized spacial score (nSPS) is 18.3. The first kappa shape index (κ1) is 15.3. The summed E-state index contributed by atoms with van der Waals surface area (Å²) in [6.07, 6.45) is 3.40. The van der Waals surface area contributed by atoms with Gasteiger partial charge in [0.25, 0.3) is 0 Å². The molecule has 1 fully saturated rings. The minimum absolute atomic E-state index is 0.0376. The van der Waals surface area contributed by atoms with Crippen molar-refractivity contribution in [3.05, 3.63) is 24.3 Å². The Labute approximate surface area is 117 Å². The van der Waals surface area contributed by atoms with Gasteiger partial charge in [0.2, 0.25) is 10.0 Å². The highest BCUT2D eigenvalue weighted by Crippen LogP contribution is 2.21. The fraction of sp³-hybridized carbons (Fsp3) is 0.583. The number of pyridine rings is 1. The summed E-state index contributed by atoms with van der Waals surface area (Å²) in [6.45, 7) is 1.64. The molecule has 20 heavy (non-hydrogen) atoms. The first-order chi connectivity index (χ1) is 9.54. The van der Waals surface area contributed by atoms with E-state index in [1.807, 2.05) is 0 Å². The van der Waals surface area contributed by atoms with Crippen molar-refractivity contribution in [1.82, 2.24) is 9.29 Å². The highest BCUT2D eigenvalue weighted by atomic mass is 32.2. The number of hydrogen-bond donors (Lipinski definition) is 1. The molecule has 1 aromatic heterocycles. The van der Waals surface area contributed by atoms with Gasteiger partial charge in [-0.15, -0.1) is 0 Å². The fourth-order valence-corrected chi connectivity index (χ4v) is 3.60. The van der Waals surface area contributed by atoms with E-state index in [-0.39, 0.29) is 11.0 Å². The van der Waals surface area contributed by atoms with Crippen molar-refractivity contribution >= 4 is 10.0 Å². The Hall–Kier alpha value is -1.09. The zero-order chi connectivity index (χ0) is 14.6. The average molecular weight is 303 g/mol. The minimum atomic E-state index is -3.68. The quantitative estimate of drug-likeness (QED) is 0.848. The molecule has 0 saturated carbocycles. The van der Waals surface area contributed by atoms with Gasteiger partial charge in [0.05, 0.1) is 18.9 Å². The van der Waals surface area contributed by atoms with E-state index >= 15 is 0 Å². The largest absolute Gasteiger partial charge is 0.377 e. The molecule has 0 aromatic carbocycles. The van der Waals surface area contributed by atoms with E-state index in [1.54, 1.807) is 0 Å². The van der Waals surface area contributed by atoms with Crippen molar-refractivity contribution in [2.24, 2.45) is 5.73 Å². The van der Waals surface area contributed by atoms with Gasteiger partial charge in [-0.25, -0.2) is 12.8 Å². The number of nitrogens with zero attached hydrogens (tertiary/aromatic N) is 2. The lowest BCUT2D eigenvalue weighted by Crippen LogP contribution is -2.41. The van der Waals surface area contributed by atoms with Crippen molar-refractivity contribution in [2.45, 2.75) is 23.8 Å². The van der Waals surface area contributed by atoms with Crippen LogP contribution in [0.3, 0.4) is 0 Å². The lowest BCUT2D eigenvalue weighted by Gasteiger charge is -2.31. The van der Waals surface area contributed by atoms with E-state index in [0.717, 1.165) is 18.5 Å². The van der Waals surface area contributed by atoms with Crippen LogP contribution in [0.5, 0.6) is 0 Å². The summed E-state index contributed by atoms with van der Waals surface area (Å²) < 4.78 is 44.6. The summed E-state index contributed by atoms with van der Waals surface area (Å²) in [5.74, 6) is -0.660. The number of ether oxygens (including phenoxy) is 1. The highest BCUT2D eigenvalue weighted by molar-refractivity contribution is 7.89. The molecule has 0 radical (unpaired) electrons. The van der Waals surface area contributed by atoms with E-state index in [1.165, 1.54) is 4.31 Å². The monoisotopic (exact) mass is 303 g/mol. The van der Waals surface area contributed by atoms with Crippen LogP contribution in [0.4, 0.5) is 4.39 Å². The lowest BCUT2D eigenvalue weighted by atomic mass is 10.1. The molecule has 1 aliphatic rings. The zero-order valence-electron chi connectivity index (χ0n) is 11.0. The molecule has 0 bridgehead atoms. The minimum Gasteiger partial charge on any atom is -0.377 e. The Balaban J connectivity index is 2.02. The van der Waals surface area contributed by atoms with Crippen LogP contribution in [0, 0.1) is 5.82 Å². The summed E-state index contributed by atoms with van der Waals surface area (Å²) in [5.41, 5.74) is 5.36. The molecule has 0 amide bonds. The molecule has 0 spiro atoms. The third-order valence-electron chi connectivity index (χ3n) is 3.19. The maximum Gasteiger partial charge on any atom is 0.244 e. The first-order valence-corrected chi connectivity index (χ1v) is 7.90. The molecule has 2 heterocycles. The van der Waals surface area contributed by atoms with Gasteiger partial charge in [-0.1, -0.05) is 0 Å². The van der Waals surface area contributed by atoms with Crippen molar-refractivity contribution in [3.8, 4) is 0 Å². The lowest BCUT2D eigenvalue weighted by molar-refractivity contribution is 0.0257. The third kappa shape index (κ3) is 3.51. The summed E-state index contributed by atoms with van der Waals surface area (Å²) in [7, 11) is -3.68. The molecule has 1 aromatic rings. The molecule has 2 N–H and O–H groups in total. The summed E-state index contributed by atoms with van der Waals surface area (Å²) >= 11 is 0. The molecule has 6 nitrogen and oxygen atoms in total. The van der Waals surface area contributed by atoms with E-state index in [2.05, 4.69) is 4.98 Å². The summed E-state index contributed by atoms with van der Waals surface area (Å²) in [6, 6.07) is 0.985. The summed E-state index contributed by atoms with van der Waals surface area (Å²) in [4.78, 5) is 3.47. The van der Waals surface area contributed by atoms with Gasteiger partial charge >= 0.3 is 0 Å². The van der Waals surface area contributed by atoms with Gasteiger partial charge in [-0.2, -0.15) is 4.31 Å². The van der Waals surface area contributed by atoms with E-state index in [0.29, 0.717) is 39.1 Å². The van der Waals surface area contributed by atoms with Gasteiger partial charge in [0.15, 0.2) is 0 Å². The second-order valence-corrected chi connectivity index (χ2v) is 6.54. The van der Waals surface area contributed by atoms with E-state index < -0.39 is 15.8 Å². The van der Waals surface area contributed by atoms with Crippen molar-refractivity contribution < 1.29 is 17.5 Å². The maximum absolute atomic E-state index is 13.1. The van der Waals surface area contributed by atoms with E-state index in [4.69, 9.17) is 10.5 Å². The number of hydrogen-bond acceptors (Lipinski definition) is 5. The standard InChI is InChI=1S/C12H18FN3O3S/c13-10-7-12(9-15-8-10)20(17,18)16-4-1-11(2-5-16)19-6-3-14/h7-9,11H,1-6,14H2. The highest BCUT2D eigenvalue weighted by Gasteiger charge is 2.30. The van der Waals surface area contributed by atoms with Crippen LogP contribution in [-0.4, -0.2) is 50.1 Å². The van der Waals surface area contributed by atoms with E-state index in [9.17, 15) is 12.8 Å². The second kappa shape index (κ2) is 6.57. The van der Waals surface area contributed by atoms with Crippen LogP contribution in [0.25, 0.3) is 0 Å². The predicted octanol–water partition coefficient (Wildman–Crippen LogP) is 0.349. The number of rotatable bonds is 5. The van der Waals surface area contributed by atoms with Crippen LogP contribution in [0.15, 0.2) is 23.4 Å². The third-order valence-corrected chi connectivity index (χ3v) is 5.05. The summed E-state index contributed by atoms with van der Waals surface area (Å²) in [5, 5.41) is 0. The number of halogens is 1. The number of piperidine rings is 1. The number of nitrogens with two attached hydrogens (primary N) is 1. The Kier molecular flexibility index (Phi) is 5.03. The Morgan fingerprint density at radius 3 is 2.70 bits per heavy atom. The van der Waals surface area contributed by atoms with Gasteiger partial charge in [0, 0.05) is 25.8 Å². The van der Waals surface area contributed by atoms with Crippen LogP contribution < -0.4 is 5.73 Å². The molecule has 2 rings (SSSR count). The molecule has 1 saturated heterocycles. The van der Waals surface area contributed by atoms with Crippen LogP contribution in [0.2, 0.25) is 0 Å². The van der Waals surface area contributed by atoms with Gasteiger partial charge in [0.1, 0.15) is 10.7 Å². The molecular formula is C12H18FN3O3S.